The van der Waals surface area contributed by atoms with Crippen LogP contribution >= 0.6 is 22.9 Å². The van der Waals surface area contributed by atoms with Gasteiger partial charge in [0.15, 0.2) is 5.06 Å². The average molecular weight is 598 g/mol. The number of hydrogen-bond acceptors (Lipinski definition) is 7. The number of anilines is 2. The van der Waals surface area contributed by atoms with E-state index < -0.39 is 33.4 Å². The number of pyridine rings is 1. The van der Waals surface area contributed by atoms with Crippen LogP contribution in [0.3, 0.4) is 0 Å². The first-order valence-corrected chi connectivity index (χ1v) is 14.0. The molecule has 0 fully saturated rings. The summed E-state index contributed by atoms with van der Waals surface area (Å²) in [4.78, 5) is 17.3. The number of thiophene rings is 1. The zero-order chi connectivity index (χ0) is 28.3. The molecule has 204 valence electrons. The molecule has 0 aliphatic heterocycles. The lowest BCUT2D eigenvalue weighted by atomic mass is 10.1. The summed E-state index contributed by atoms with van der Waals surface area (Å²) in [6.07, 6.45) is 1.92. The Morgan fingerprint density at radius 3 is 2.36 bits per heavy atom. The molecule has 0 saturated carbocycles. The highest BCUT2D eigenvalue weighted by atomic mass is 35.5. The van der Waals surface area contributed by atoms with Crippen molar-refractivity contribution in [2.45, 2.75) is 6.61 Å². The topological polar surface area (TPSA) is 107 Å². The Kier molecular flexibility index (Phi) is 8.33. The number of nitrogens with one attached hydrogen (secondary N) is 2. The number of carbonyl (C=O) groups excluding carboxylic acids is 1. The second-order valence-electron chi connectivity index (χ2n) is 8.14. The number of sulfonamides is 1. The number of amides is 1. The van der Waals surface area contributed by atoms with Crippen LogP contribution in [0.2, 0.25) is 5.02 Å². The van der Waals surface area contributed by atoms with Crippen molar-refractivity contribution in [3.63, 3.8) is 0 Å². The van der Waals surface area contributed by atoms with Gasteiger partial charge in [0.2, 0.25) is 10.0 Å². The predicted molar refractivity (Wildman–Crippen MR) is 143 cm³/mol. The van der Waals surface area contributed by atoms with E-state index in [0.29, 0.717) is 11.6 Å². The van der Waals surface area contributed by atoms with Crippen LogP contribution in [0.25, 0.3) is 11.3 Å². The highest BCUT2D eigenvalue weighted by Crippen LogP contribution is 2.41. The van der Waals surface area contributed by atoms with Crippen molar-refractivity contribution in [2.75, 3.05) is 23.4 Å². The van der Waals surface area contributed by atoms with Crippen LogP contribution in [-0.2, 0) is 16.6 Å². The van der Waals surface area contributed by atoms with Crippen LogP contribution in [0.1, 0.15) is 15.2 Å². The maximum absolute atomic E-state index is 14.0. The van der Waals surface area contributed by atoms with Gasteiger partial charge in [-0.3, -0.25) is 9.52 Å². The summed E-state index contributed by atoms with van der Waals surface area (Å²) in [5.41, 5.74) is 0.979. The third kappa shape index (κ3) is 7.40. The van der Waals surface area contributed by atoms with Gasteiger partial charge in [0, 0.05) is 22.8 Å². The minimum absolute atomic E-state index is 0.0472. The summed E-state index contributed by atoms with van der Waals surface area (Å²) < 4.78 is 77.6. The lowest BCUT2D eigenvalue weighted by Crippen LogP contribution is -2.12. The van der Waals surface area contributed by atoms with Crippen LogP contribution in [-0.4, -0.2) is 32.7 Å². The second kappa shape index (κ2) is 11.5. The molecular formula is C25H19ClF3N3O5S2. The highest BCUT2D eigenvalue weighted by molar-refractivity contribution is 7.92. The van der Waals surface area contributed by atoms with Crippen molar-refractivity contribution < 1.29 is 35.9 Å². The molecule has 0 atom stereocenters. The van der Waals surface area contributed by atoms with E-state index in [1.165, 1.54) is 31.4 Å². The van der Waals surface area contributed by atoms with Crippen molar-refractivity contribution >= 4 is 50.2 Å². The summed E-state index contributed by atoms with van der Waals surface area (Å²) in [5, 5.41) is 3.07. The lowest BCUT2D eigenvalue weighted by Gasteiger charge is -2.11. The Morgan fingerprint density at radius 1 is 1.00 bits per heavy atom. The number of nitrogens with zero attached hydrogens (tertiary/aromatic N) is 1. The zero-order valence-electron chi connectivity index (χ0n) is 20.2. The van der Waals surface area contributed by atoms with E-state index in [9.17, 15) is 26.4 Å². The van der Waals surface area contributed by atoms with Gasteiger partial charge in [-0.25, -0.2) is 26.6 Å². The SMILES string of the molecule is COc1sc(C(=O)Nc2cc(Cl)cc(NS(C)(=O)=O)c2)cc1-c1ncc(F)cc1OCc1cc(F)cc(F)c1. The van der Waals surface area contributed by atoms with Gasteiger partial charge in [0.05, 0.1) is 35.7 Å². The molecule has 4 rings (SSSR count). The molecule has 0 saturated heterocycles. The summed E-state index contributed by atoms with van der Waals surface area (Å²) in [5.74, 6) is -2.92. The molecule has 2 aromatic heterocycles. The van der Waals surface area contributed by atoms with Gasteiger partial charge in [-0.05, 0) is 42.0 Å². The fourth-order valence-corrected chi connectivity index (χ4v) is 5.17. The summed E-state index contributed by atoms with van der Waals surface area (Å²) in [6.45, 7) is -0.286. The summed E-state index contributed by atoms with van der Waals surface area (Å²) >= 11 is 7.03. The van der Waals surface area contributed by atoms with Gasteiger partial charge >= 0.3 is 0 Å². The van der Waals surface area contributed by atoms with E-state index in [1.54, 1.807) is 0 Å². The van der Waals surface area contributed by atoms with Gasteiger partial charge in [-0.15, -0.1) is 0 Å². The number of hydrogen-bond donors (Lipinski definition) is 2. The first kappa shape index (κ1) is 28.2. The molecule has 39 heavy (non-hydrogen) atoms. The van der Waals surface area contributed by atoms with Gasteiger partial charge in [-0.1, -0.05) is 22.9 Å². The van der Waals surface area contributed by atoms with Crippen molar-refractivity contribution in [3.8, 4) is 22.1 Å². The van der Waals surface area contributed by atoms with Crippen molar-refractivity contribution in [1.82, 2.24) is 4.98 Å². The van der Waals surface area contributed by atoms with Gasteiger partial charge in [0.25, 0.3) is 5.91 Å². The molecule has 8 nitrogen and oxygen atoms in total. The first-order chi connectivity index (χ1) is 18.4. The third-order valence-electron chi connectivity index (χ3n) is 4.96. The quantitative estimate of drug-likeness (QED) is 0.242. The standard InChI is InChI=1S/C25H19ClF3N3O5S2/c1-36-25-20(23-21(8-17(29)11-30-23)37-12-13-3-15(27)7-16(28)4-13)10-22(38-25)24(33)31-18-5-14(26)6-19(9-18)32-39(2,34)35/h3-11,32H,12H2,1-2H3,(H,31,33). The molecule has 2 N–H and O–H groups in total. The largest absolute Gasteiger partial charge is 0.487 e. The first-order valence-electron chi connectivity index (χ1n) is 10.9. The summed E-state index contributed by atoms with van der Waals surface area (Å²) in [7, 11) is -2.21. The normalized spacial score (nSPS) is 11.2. The molecule has 14 heteroatoms. The van der Waals surface area contributed by atoms with E-state index in [1.807, 2.05) is 0 Å². The van der Waals surface area contributed by atoms with Gasteiger partial charge in [-0.2, -0.15) is 0 Å². The lowest BCUT2D eigenvalue weighted by molar-refractivity contribution is 0.103. The maximum Gasteiger partial charge on any atom is 0.265 e. The van der Waals surface area contributed by atoms with Gasteiger partial charge in [0.1, 0.15) is 35.5 Å². The van der Waals surface area contributed by atoms with Crippen LogP contribution in [0.5, 0.6) is 10.8 Å². The van der Waals surface area contributed by atoms with Crippen LogP contribution < -0.4 is 19.5 Å². The Bertz CT molecular complexity index is 1640. The number of methoxy groups -OCH3 is 1. The Labute approximate surface area is 230 Å². The number of rotatable bonds is 9. The molecule has 4 aromatic rings. The van der Waals surface area contributed by atoms with Crippen LogP contribution in [0, 0.1) is 17.5 Å². The highest BCUT2D eigenvalue weighted by Gasteiger charge is 2.22. The molecule has 0 aliphatic rings. The summed E-state index contributed by atoms with van der Waals surface area (Å²) in [6, 6.07) is 9.58. The van der Waals surface area contributed by atoms with Crippen molar-refractivity contribution in [1.29, 1.82) is 0 Å². The number of ether oxygens (including phenoxy) is 2. The van der Waals surface area contributed by atoms with E-state index in [2.05, 4.69) is 15.0 Å². The average Bonchev–Trinajstić information content (AvgIpc) is 3.25. The maximum atomic E-state index is 14.0. The fraction of sp³-hybridized carbons (Fsp3) is 0.120. The predicted octanol–water partition coefficient (Wildman–Crippen LogP) is 6.09. The minimum Gasteiger partial charge on any atom is -0.487 e. The Morgan fingerprint density at radius 2 is 1.69 bits per heavy atom. The zero-order valence-corrected chi connectivity index (χ0v) is 22.6. The molecular weight excluding hydrogens is 579 g/mol. The molecule has 2 heterocycles. The second-order valence-corrected chi connectivity index (χ2v) is 11.3. The Hall–Kier alpha value is -3.81. The van der Waals surface area contributed by atoms with Gasteiger partial charge < -0.3 is 14.8 Å². The van der Waals surface area contributed by atoms with E-state index in [0.717, 1.165) is 42.0 Å². The van der Waals surface area contributed by atoms with E-state index in [-0.39, 0.29) is 50.0 Å². The number of halogens is 4. The fourth-order valence-electron chi connectivity index (χ4n) is 3.52. The molecule has 0 radical (unpaired) electrons. The van der Waals surface area contributed by atoms with Crippen molar-refractivity contribution in [3.05, 3.63) is 87.6 Å². The van der Waals surface area contributed by atoms with E-state index >= 15 is 0 Å². The monoisotopic (exact) mass is 597 g/mol. The molecule has 0 aliphatic carbocycles. The molecule has 1 amide bonds. The molecule has 0 spiro atoms. The molecule has 2 aromatic carbocycles. The van der Waals surface area contributed by atoms with Crippen molar-refractivity contribution in [2.24, 2.45) is 0 Å². The minimum atomic E-state index is -3.58. The van der Waals surface area contributed by atoms with Crippen LogP contribution in [0.4, 0.5) is 24.5 Å². The molecule has 0 unspecified atom stereocenters. The smallest absolute Gasteiger partial charge is 0.265 e. The number of benzene rings is 2. The molecule has 0 bridgehead atoms. The van der Waals surface area contributed by atoms with E-state index in [4.69, 9.17) is 21.1 Å². The van der Waals surface area contributed by atoms with Crippen LogP contribution in [0.15, 0.2) is 54.7 Å². The number of carbonyl (C=O) groups is 1. The third-order valence-corrected chi connectivity index (χ3v) is 6.88. The number of aromatic nitrogens is 1. The Balaban J connectivity index is 1.62.